The van der Waals surface area contributed by atoms with E-state index in [0.717, 1.165) is 11.5 Å². The summed E-state index contributed by atoms with van der Waals surface area (Å²) in [5.74, 6) is 1.46. The number of aromatic nitrogens is 1. The van der Waals surface area contributed by atoms with E-state index in [9.17, 15) is 9.59 Å². The first-order valence-electron chi connectivity index (χ1n) is 8.25. The Morgan fingerprint density at radius 3 is 2.68 bits per heavy atom. The molecule has 0 bridgehead atoms. The van der Waals surface area contributed by atoms with Gasteiger partial charge >= 0.3 is 6.03 Å². The van der Waals surface area contributed by atoms with Crippen molar-refractivity contribution in [1.29, 1.82) is 0 Å². The van der Waals surface area contributed by atoms with Crippen molar-refractivity contribution in [1.82, 2.24) is 15.2 Å². The molecule has 0 fully saturated rings. The van der Waals surface area contributed by atoms with Crippen molar-refractivity contribution in [3.63, 3.8) is 0 Å². The predicted molar refractivity (Wildman–Crippen MR) is 96.4 cm³/mol. The largest absolute Gasteiger partial charge is 0.445 e. The zero-order valence-electron chi connectivity index (χ0n) is 15.0. The lowest BCUT2D eigenvalue weighted by atomic mass is 9.97. The van der Waals surface area contributed by atoms with E-state index < -0.39 is 12.1 Å². The van der Waals surface area contributed by atoms with Crippen LogP contribution in [0, 0.1) is 0 Å². The van der Waals surface area contributed by atoms with Crippen LogP contribution in [0.5, 0.6) is 0 Å². The minimum Gasteiger partial charge on any atom is -0.445 e. The fraction of sp³-hybridized carbons (Fsp3) is 0.688. The molecule has 1 aromatic heterocycles. The molecule has 0 unspecified atom stereocenters. The Hall–Kier alpha value is -1.80. The van der Waals surface area contributed by atoms with Gasteiger partial charge in [-0.05, 0) is 12.8 Å². The minimum atomic E-state index is -0.588. The third-order valence-electron chi connectivity index (χ3n) is 3.99. The molecule has 8 nitrogen and oxygen atoms in total. The quantitative estimate of drug-likeness (QED) is 0.665. The Kier molecular flexibility index (Phi) is 7.25. The van der Waals surface area contributed by atoms with Crippen molar-refractivity contribution < 1.29 is 14.0 Å². The van der Waals surface area contributed by atoms with Gasteiger partial charge < -0.3 is 26.1 Å². The van der Waals surface area contributed by atoms with Crippen LogP contribution in [0.15, 0.2) is 4.42 Å². The van der Waals surface area contributed by atoms with Crippen LogP contribution in [-0.2, 0) is 23.2 Å². The molecule has 142 valence electrons. The molecular weight excluding hydrogens is 346 g/mol. The van der Waals surface area contributed by atoms with Crippen LogP contribution < -0.4 is 16.8 Å². The number of urea groups is 1. The number of nitrogens with zero attached hydrogens (tertiary/aromatic N) is 2. The number of carbonyl (C=O) groups is 2. The fourth-order valence-electron chi connectivity index (χ4n) is 2.60. The van der Waals surface area contributed by atoms with E-state index in [0.29, 0.717) is 44.8 Å². The molecule has 3 amide bonds. The lowest BCUT2D eigenvalue weighted by Crippen LogP contribution is -2.46. The Bertz CT molecular complexity index is 611. The summed E-state index contributed by atoms with van der Waals surface area (Å²) < 4.78 is 5.83. The first-order valence-corrected chi connectivity index (χ1v) is 8.25. The van der Waals surface area contributed by atoms with E-state index in [2.05, 4.69) is 10.3 Å². The number of halogens is 1. The van der Waals surface area contributed by atoms with Gasteiger partial charge in [-0.15, -0.1) is 12.4 Å². The molecule has 2 rings (SSSR count). The smallest absolute Gasteiger partial charge is 0.312 e. The van der Waals surface area contributed by atoms with E-state index >= 15 is 0 Å². The highest BCUT2D eigenvalue weighted by atomic mass is 35.5. The number of hydrogen-bond acceptors (Lipinski definition) is 5. The van der Waals surface area contributed by atoms with Crippen molar-refractivity contribution in [3.8, 4) is 0 Å². The molecule has 0 saturated carbocycles. The van der Waals surface area contributed by atoms with Gasteiger partial charge in [0.15, 0.2) is 5.89 Å². The molecule has 9 heteroatoms. The van der Waals surface area contributed by atoms with Crippen LogP contribution in [0.25, 0.3) is 0 Å². The number of carbonyl (C=O) groups excluding carboxylic acids is 2. The van der Waals surface area contributed by atoms with Gasteiger partial charge in [-0.3, -0.25) is 4.79 Å². The number of amides is 3. The van der Waals surface area contributed by atoms with Crippen LogP contribution in [0.3, 0.4) is 0 Å². The summed E-state index contributed by atoms with van der Waals surface area (Å²) in [5, 5.41) is 2.49. The lowest BCUT2D eigenvalue weighted by Gasteiger charge is -2.28. The fourth-order valence-corrected chi connectivity index (χ4v) is 2.60. The number of fused-ring (bicyclic) bond motifs is 1. The van der Waals surface area contributed by atoms with Crippen molar-refractivity contribution >= 4 is 24.3 Å². The highest BCUT2D eigenvalue weighted by Gasteiger charge is 2.30. The van der Waals surface area contributed by atoms with Crippen LogP contribution in [0.1, 0.15) is 51.0 Å². The van der Waals surface area contributed by atoms with Crippen molar-refractivity contribution in [2.75, 3.05) is 13.1 Å². The summed E-state index contributed by atoms with van der Waals surface area (Å²) in [7, 11) is 0. The van der Waals surface area contributed by atoms with Crippen LogP contribution in [-0.4, -0.2) is 41.0 Å². The van der Waals surface area contributed by atoms with E-state index in [1.807, 2.05) is 20.8 Å². The molecule has 5 N–H and O–H groups in total. The molecule has 0 aromatic carbocycles. The molecule has 25 heavy (non-hydrogen) atoms. The van der Waals surface area contributed by atoms with Crippen LogP contribution in [0.2, 0.25) is 0 Å². The molecule has 0 spiro atoms. The monoisotopic (exact) mass is 373 g/mol. The lowest BCUT2D eigenvalue weighted by molar-refractivity contribution is -0.133. The van der Waals surface area contributed by atoms with E-state index in [-0.39, 0.29) is 23.7 Å². The molecule has 1 aromatic rings. The number of nitrogens with one attached hydrogen (secondary N) is 1. The van der Waals surface area contributed by atoms with Gasteiger partial charge in [0.05, 0.1) is 12.6 Å². The summed E-state index contributed by atoms with van der Waals surface area (Å²) in [6.45, 7) is 7.56. The average Bonchev–Trinajstić information content (AvgIpc) is 2.93. The number of nitrogens with two attached hydrogens (primary N) is 2. The van der Waals surface area contributed by atoms with E-state index in [4.69, 9.17) is 15.9 Å². The first kappa shape index (κ1) is 21.2. The Balaban J connectivity index is 0.00000312. The Morgan fingerprint density at radius 1 is 1.40 bits per heavy atom. The van der Waals surface area contributed by atoms with Gasteiger partial charge in [0.2, 0.25) is 5.91 Å². The third-order valence-corrected chi connectivity index (χ3v) is 3.99. The van der Waals surface area contributed by atoms with Crippen LogP contribution >= 0.6 is 12.4 Å². The number of rotatable bonds is 5. The Labute approximate surface area is 154 Å². The molecule has 0 radical (unpaired) electrons. The number of hydrogen-bond donors (Lipinski definition) is 3. The molecule has 0 saturated heterocycles. The maximum atomic E-state index is 12.5. The maximum absolute atomic E-state index is 12.5. The van der Waals surface area contributed by atoms with E-state index in [1.54, 1.807) is 4.90 Å². The van der Waals surface area contributed by atoms with Crippen molar-refractivity contribution in [3.05, 3.63) is 17.3 Å². The average molecular weight is 374 g/mol. The standard InChI is InChI=1S/C16H27N5O3.ClH/c1-16(2,3)14-20-11-9-21(8-6-12(11)24-14)13(22)10(17)5-4-7-19-15(18)23;/h10H,4-9,17H2,1-3H3,(H3,18,19,23);1H/t10-;/m0./s1. The second kappa shape index (κ2) is 8.53. The second-order valence-electron chi connectivity index (χ2n) is 7.19. The maximum Gasteiger partial charge on any atom is 0.312 e. The first-order chi connectivity index (χ1) is 11.2. The molecule has 1 atom stereocenters. The summed E-state index contributed by atoms with van der Waals surface area (Å²) >= 11 is 0. The zero-order valence-corrected chi connectivity index (χ0v) is 15.8. The van der Waals surface area contributed by atoms with Gasteiger partial charge in [0.25, 0.3) is 0 Å². The highest BCUT2D eigenvalue weighted by molar-refractivity contribution is 5.85. The molecule has 1 aliphatic rings. The summed E-state index contributed by atoms with van der Waals surface area (Å²) in [4.78, 5) is 29.3. The normalized spacial score (nSPS) is 15.1. The summed E-state index contributed by atoms with van der Waals surface area (Å²) in [5.41, 5.74) is 11.6. The predicted octanol–water partition coefficient (Wildman–Crippen LogP) is 1.05. The SMILES string of the molecule is CC(C)(C)c1nc2c(o1)CCN(C(=O)[C@@H](N)CCCNC(N)=O)C2.Cl. The minimum absolute atomic E-state index is 0. The van der Waals surface area contributed by atoms with Gasteiger partial charge in [-0.2, -0.15) is 0 Å². The zero-order chi connectivity index (χ0) is 17.9. The van der Waals surface area contributed by atoms with Gasteiger partial charge in [0.1, 0.15) is 11.5 Å². The van der Waals surface area contributed by atoms with Crippen molar-refractivity contribution in [2.45, 2.75) is 58.0 Å². The second-order valence-corrected chi connectivity index (χ2v) is 7.19. The van der Waals surface area contributed by atoms with Gasteiger partial charge in [0, 0.05) is 24.9 Å². The van der Waals surface area contributed by atoms with Crippen LogP contribution in [0.4, 0.5) is 4.79 Å². The van der Waals surface area contributed by atoms with Gasteiger partial charge in [-0.25, -0.2) is 9.78 Å². The summed E-state index contributed by atoms with van der Waals surface area (Å²) in [6, 6.07) is -1.16. The topological polar surface area (TPSA) is 127 Å². The molecule has 1 aliphatic heterocycles. The molecular formula is C16H28ClN5O3. The summed E-state index contributed by atoms with van der Waals surface area (Å²) in [6.07, 6.45) is 1.75. The molecule has 2 heterocycles. The third kappa shape index (κ3) is 5.61. The van der Waals surface area contributed by atoms with E-state index in [1.165, 1.54) is 0 Å². The van der Waals surface area contributed by atoms with Crippen molar-refractivity contribution in [2.24, 2.45) is 11.5 Å². The number of oxazole rings is 1. The number of primary amides is 1. The Morgan fingerprint density at radius 2 is 2.08 bits per heavy atom. The van der Waals surface area contributed by atoms with Gasteiger partial charge in [-0.1, -0.05) is 20.8 Å². The highest BCUT2D eigenvalue weighted by Crippen LogP contribution is 2.27. The molecule has 0 aliphatic carbocycles.